The molecular weight excluding hydrogens is 1040 g/mol. The van der Waals surface area contributed by atoms with Gasteiger partial charge in [-0.3, -0.25) is 18.2 Å². The number of hydrogen-bond acceptors (Lipinski definition) is 17. The minimum Gasteiger partial charge on any atom is -0.392 e. The summed E-state index contributed by atoms with van der Waals surface area (Å²) in [5.41, 5.74) is -0.613. The molecule has 17 nitrogen and oxygen atoms in total. The van der Waals surface area contributed by atoms with E-state index in [1.165, 1.54) is 60.3 Å². The van der Waals surface area contributed by atoms with E-state index in [9.17, 15) is 53.3 Å². The smallest absolute Gasteiger partial charge is 0.392 e. The molecule has 73 heavy (non-hydrogen) atoms. The number of aryl methyl sites for hydroxylation is 3. The Bertz CT molecular complexity index is 3630. The van der Waals surface area contributed by atoms with E-state index in [2.05, 4.69) is 24.9 Å². The first-order chi connectivity index (χ1) is 34.5. The summed E-state index contributed by atoms with van der Waals surface area (Å²) in [6.07, 6.45) is 1.73. The van der Waals surface area contributed by atoms with Gasteiger partial charge in [-0.15, -0.1) is 9.35 Å². The quantitative estimate of drug-likeness (QED) is 0.0417. The second-order valence-electron chi connectivity index (χ2n) is 15.2. The van der Waals surface area contributed by atoms with Crippen molar-refractivity contribution in [3.63, 3.8) is 0 Å². The number of nitriles is 2. The van der Waals surface area contributed by atoms with Crippen LogP contribution < -0.4 is 0 Å². The number of carbonyl (C=O) groups is 2. The largest absolute Gasteiger partial charge is 0.525 e. The average molecular weight is 1070 g/mol. The number of halogens is 3. The van der Waals surface area contributed by atoms with E-state index in [1.807, 2.05) is 45.0 Å². The molecule has 0 saturated heterocycles. The SMILES string of the molecule is Cc1ccc(S(=O)(=O)O/N=C(\C#N)c2ccc(CO)cc2)cc1.Cc1ccc(S(=O)(=O)O/N=C2/SC=C/C2=C(/C#N)c2ccccc2C)cc1.O=C1c2cccc3cccc(c23)C(=O)N1OS(=O)(=O)C(F)(F)F. The molecule has 2 amide bonds. The fraction of sp³-hybridized carbons (Fsp3) is 0.102. The van der Waals surface area contributed by atoms with Crippen LogP contribution in [-0.4, -0.2) is 63.5 Å². The zero-order chi connectivity index (χ0) is 53.3. The van der Waals surface area contributed by atoms with E-state index in [0.29, 0.717) is 32.7 Å². The Morgan fingerprint density at radius 3 is 1.73 bits per heavy atom. The summed E-state index contributed by atoms with van der Waals surface area (Å²) in [6, 6.07) is 38.8. The number of carbonyl (C=O) groups excluding carboxylic acids is 2. The third-order valence-corrected chi connectivity index (χ3v) is 14.2. The van der Waals surface area contributed by atoms with Gasteiger partial charge in [-0.05, 0) is 90.7 Å². The maximum Gasteiger partial charge on any atom is 0.525 e. The minimum absolute atomic E-state index is 0.0262. The molecule has 374 valence electrons. The molecular formula is C49H36F3N5O12S4. The number of rotatable bonds is 11. The highest BCUT2D eigenvalue weighted by Gasteiger charge is 2.51. The van der Waals surface area contributed by atoms with Gasteiger partial charge in [0.15, 0.2) is 5.71 Å². The lowest BCUT2D eigenvalue weighted by Crippen LogP contribution is -2.44. The summed E-state index contributed by atoms with van der Waals surface area (Å²) in [5, 5.41) is 37.4. The second kappa shape index (κ2) is 22.6. The van der Waals surface area contributed by atoms with Crippen LogP contribution in [0.1, 0.15) is 54.1 Å². The molecule has 0 aliphatic carbocycles. The summed E-state index contributed by atoms with van der Waals surface area (Å²) in [7, 11) is -14.3. The molecule has 0 aromatic heterocycles. The number of aliphatic hydroxyl groups is 1. The molecule has 8 rings (SSSR count). The van der Waals surface area contributed by atoms with Crippen molar-refractivity contribution in [1.29, 1.82) is 10.5 Å². The molecule has 0 radical (unpaired) electrons. The molecule has 0 bridgehead atoms. The highest BCUT2D eigenvalue weighted by Crippen LogP contribution is 2.34. The van der Waals surface area contributed by atoms with Crippen molar-refractivity contribution in [3.8, 4) is 12.1 Å². The van der Waals surface area contributed by atoms with E-state index in [-0.39, 0.29) is 43.7 Å². The van der Waals surface area contributed by atoms with Gasteiger partial charge < -0.3 is 5.11 Å². The first-order valence-corrected chi connectivity index (χ1v) is 25.8. The van der Waals surface area contributed by atoms with E-state index in [0.717, 1.165) is 22.3 Å². The van der Waals surface area contributed by atoms with Gasteiger partial charge in [-0.1, -0.05) is 130 Å². The van der Waals surface area contributed by atoms with Crippen molar-refractivity contribution in [2.75, 3.05) is 0 Å². The van der Waals surface area contributed by atoms with Crippen molar-refractivity contribution in [2.45, 2.75) is 42.7 Å². The standard InChI is InChI=1S/C20H16N2O3S2.C16H14N2O4S.C13H6F3NO5S/c1-14-7-9-16(10-8-14)27(23,24)25-22-20-18(11-12-26-20)19(13-21)17-6-4-3-5-15(17)2;1-12-2-8-15(9-3-12)23(20,21)22-18-16(10-17)14-6-4-13(11-19)5-7-14;14-13(15,16)23(20,21)22-17-11(18)8-5-1-3-7-4-2-6-9(10(7)8)12(17)19/h3-12H,1-2H3;2-9,19H,11H2,1H3;1-6H/b19-18+,22-20+;18-16+;. The molecule has 0 atom stereocenters. The van der Waals surface area contributed by atoms with E-state index < -0.39 is 47.7 Å². The number of benzene rings is 6. The predicted molar refractivity (Wildman–Crippen MR) is 262 cm³/mol. The molecule has 2 aliphatic rings. The van der Waals surface area contributed by atoms with Crippen LogP contribution in [-0.2, 0) is 49.8 Å². The Balaban J connectivity index is 0.000000179. The number of alkyl halides is 3. The third-order valence-electron chi connectivity index (χ3n) is 10.2. The number of thioether (sulfide) groups is 1. The molecule has 0 fully saturated rings. The van der Waals surface area contributed by atoms with Crippen LogP contribution in [0.25, 0.3) is 16.3 Å². The Morgan fingerprint density at radius 2 is 1.23 bits per heavy atom. The maximum absolute atomic E-state index is 12.4. The Labute approximate surface area is 420 Å². The van der Waals surface area contributed by atoms with Crippen LogP contribution in [0.3, 0.4) is 0 Å². The average Bonchev–Trinajstić information content (AvgIpc) is 3.83. The predicted octanol–water partition coefficient (Wildman–Crippen LogP) is 8.90. The van der Waals surface area contributed by atoms with Gasteiger partial charge >= 0.3 is 35.9 Å². The zero-order valence-electron chi connectivity index (χ0n) is 38.0. The molecule has 24 heteroatoms. The highest BCUT2D eigenvalue weighted by atomic mass is 32.2. The Kier molecular flexibility index (Phi) is 16.9. The van der Waals surface area contributed by atoms with Crippen molar-refractivity contribution < 1.29 is 66.0 Å². The van der Waals surface area contributed by atoms with Gasteiger partial charge in [-0.2, -0.15) is 48.9 Å². The Morgan fingerprint density at radius 1 is 0.699 bits per heavy atom. The van der Waals surface area contributed by atoms with E-state index in [1.54, 1.807) is 78.2 Å². The van der Waals surface area contributed by atoms with Crippen LogP contribution >= 0.6 is 11.8 Å². The molecule has 1 N–H and O–H groups in total. The molecule has 0 unspecified atom stereocenters. The molecule has 2 aliphatic heterocycles. The number of hydroxylamine groups is 2. The number of hydrogen-bond donors (Lipinski definition) is 1. The molecule has 6 aromatic rings. The lowest BCUT2D eigenvalue weighted by Gasteiger charge is -2.25. The first-order valence-electron chi connectivity index (χ1n) is 20.7. The number of imide groups is 1. The molecule has 6 aromatic carbocycles. The van der Waals surface area contributed by atoms with Crippen LogP contribution in [0.4, 0.5) is 13.2 Å². The molecule has 0 saturated carbocycles. The number of allylic oxidation sites excluding steroid dienone is 2. The van der Waals surface area contributed by atoms with Crippen LogP contribution in [0.15, 0.2) is 171 Å². The number of amides is 2. The summed E-state index contributed by atoms with van der Waals surface area (Å²) in [5.74, 6) is -2.57. The lowest BCUT2D eigenvalue weighted by atomic mass is 9.95. The van der Waals surface area contributed by atoms with Crippen LogP contribution in [0.2, 0.25) is 0 Å². The zero-order valence-corrected chi connectivity index (χ0v) is 41.3. The van der Waals surface area contributed by atoms with Crippen molar-refractivity contribution in [2.24, 2.45) is 10.3 Å². The second-order valence-corrected chi connectivity index (χ2v) is 20.7. The summed E-state index contributed by atoms with van der Waals surface area (Å²) in [4.78, 5) is 24.3. The van der Waals surface area contributed by atoms with E-state index >= 15 is 0 Å². The summed E-state index contributed by atoms with van der Waals surface area (Å²) in [6.45, 7) is 5.48. The Hall–Kier alpha value is -7.97. The number of nitrogens with zero attached hydrogens (tertiary/aromatic N) is 5. The summed E-state index contributed by atoms with van der Waals surface area (Å²) < 4.78 is 121. The van der Waals surface area contributed by atoms with Gasteiger partial charge in [0.2, 0.25) is 0 Å². The molecule has 0 spiro atoms. The first kappa shape index (κ1) is 54.4. The van der Waals surface area contributed by atoms with Crippen LogP contribution in [0.5, 0.6) is 0 Å². The van der Waals surface area contributed by atoms with Gasteiger partial charge in [0, 0.05) is 16.5 Å². The van der Waals surface area contributed by atoms with Crippen molar-refractivity contribution >= 4 is 81.0 Å². The monoisotopic (exact) mass is 1070 g/mol. The normalized spacial score (nSPS) is 14.8. The van der Waals surface area contributed by atoms with Crippen molar-refractivity contribution in [1.82, 2.24) is 5.06 Å². The number of oxime groups is 2. The van der Waals surface area contributed by atoms with Gasteiger partial charge in [0.1, 0.15) is 27.0 Å². The molecule has 2 heterocycles. The van der Waals surface area contributed by atoms with Crippen LogP contribution in [0, 0.1) is 43.4 Å². The fourth-order valence-electron chi connectivity index (χ4n) is 6.47. The van der Waals surface area contributed by atoms with Gasteiger partial charge in [0.25, 0.3) is 11.8 Å². The highest BCUT2D eigenvalue weighted by molar-refractivity contribution is 8.17. The lowest BCUT2D eigenvalue weighted by molar-refractivity contribution is -0.0761. The topological polar surface area (TPSA) is 260 Å². The fourth-order valence-corrected chi connectivity index (χ4v) is 9.10. The van der Waals surface area contributed by atoms with Gasteiger partial charge in [-0.25, -0.2) is 0 Å². The van der Waals surface area contributed by atoms with Gasteiger partial charge in [0.05, 0.1) is 23.3 Å². The summed E-state index contributed by atoms with van der Waals surface area (Å²) >= 11 is 1.20. The third kappa shape index (κ3) is 12.7. The van der Waals surface area contributed by atoms with Crippen molar-refractivity contribution in [3.05, 3.63) is 195 Å². The van der Waals surface area contributed by atoms with E-state index in [4.69, 9.17) is 14.7 Å². The minimum atomic E-state index is -6.15. The number of aliphatic hydroxyl groups excluding tert-OH is 1. The maximum atomic E-state index is 12.4.